The van der Waals surface area contributed by atoms with Crippen molar-refractivity contribution in [2.24, 2.45) is 27.5 Å². The molecule has 0 aromatic heterocycles. The Hall–Kier alpha value is -2.62. The summed E-state index contributed by atoms with van der Waals surface area (Å²) < 4.78 is 0. The molecule has 0 radical (unpaired) electrons. The molecule has 2 fully saturated rings. The molecular weight excluding hydrogens is 382 g/mol. The fourth-order valence-corrected chi connectivity index (χ4v) is 6.55. The molecule has 2 aromatic carbocycles. The van der Waals surface area contributed by atoms with Crippen LogP contribution in [-0.4, -0.2) is 31.1 Å². The Morgan fingerprint density at radius 1 is 1.03 bits per heavy atom. The summed E-state index contributed by atoms with van der Waals surface area (Å²) in [6.45, 7) is 2.44. The van der Waals surface area contributed by atoms with Gasteiger partial charge < -0.3 is 10.0 Å². The van der Waals surface area contributed by atoms with Gasteiger partial charge in [0.05, 0.1) is 6.21 Å². The fourth-order valence-electron chi connectivity index (χ4n) is 6.55. The molecular formula is C27H33N3O. The van der Waals surface area contributed by atoms with Crippen molar-refractivity contribution in [2.75, 3.05) is 19.0 Å². The van der Waals surface area contributed by atoms with Crippen molar-refractivity contribution in [1.29, 1.82) is 0 Å². The molecule has 4 atom stereocenters. The number of phenols is 1. The molecule has 3 aliphatic carbocycles. The molecule has 5 rings (SSSR count). The lowest BCUT2D eigenvalue weighted by Crippen LogP contribution is -2.42. The number of benzene rings is 2. The average molecular weight is 416 g/mol. The first-order valence-corrected chi connectivity index (χ1v) is 11.7. The van der Waals surface area contributed by atoms with Gasteiger partial charge in [-0.3, -0.25) is 0 Å². The van der Waals surface area contributed by atoms with Gasteiger partial charge in [0.2, 0.25) is 0 Å². The van der Waals surface area contributed by atoms with Gasteiger partial charge in [-0.15, -0.1) is 0 Å². The lowest BCUT2D eigenvalue weighted by Gasteiger charge is -2.49. The number of hydrogen-bond acceptors (Lipinski definition) is 4. The molecule has 0 spiro atoms. The number of aryl methyl sites for hydroxylation is 1. The molecule has 3 aliphatic rings. The van der Waals surface area contributed by atoms with Crippen LogP contribution in [-0.2, 0) is 6.42 Å². The summed E-state index contributed by atoms with van der Waals surface area (Å²) >= 11 is 0. The van der Waals surface area contributed by atoms with Crippen molar-refractivity contribution < 1.29 is 5.11 Å². The number of phenolic OH excluding ortho intramolecular Hbond substituents is 1. The zero-order valence-corrected chi connectivity index (χ0v) is 18.9. The van der Waals surface area contributed by atoms with E-state index in [1.165, 1.54) is 48.2 Å². The number of aromatic hydroxyl groups is 1. The predicted molar refractivity (Wildman–Crippen MR) is 129 cm³/mol. The van der Waals surface area contributed by atoms with Gasteiger partial charge in [-0.05, 0) is 97.2 Å². The molecule has 2 saturated carbocycles. The first-order valence-electron chi connectivity index (χ1n) is 11.7. The second-order valence-corrected chi connectivity index (χ2v) is 10.1. The van der Waals surface area contributed by atoms with Gasteiger partial charge in [-0.25, -0.2) is 0 Å². The van der Waals surface area contributed by atoms with E-state index in [1.807, 2.05) is 18.3 Å². The molecule has 0 heterocycles. The van der Waals surface area contributed by atoms with Crippen molar-refractivity contribution in [3.05, 3.63) is 59.2 Å². The third kappa shape index (κ3) is 3.56. The molecule has 1 N–H and O–H groups in total. The lowest BCUT2D eigenvalue weighted by molar-refractivity contribution is 0.0955. The standard InChI is InChI=1S/C27H33N3O/c1-27-15-14-23-22-11-9-21(31)16-19(22)6-10-24(23)25(27)12-13-26(27)29-28-17-18-4-7-20(8-5-18)30(2)3/h4-5,7-9,11,16-17,23-25,31H,6,10,12-15H2,1-3H3. The summed E-state index contributed by atoms with van der Waals surface area (Å²) in [5, 5.41) is 19.2. The number of nitrogens with zero attached hydrogens (tertiary/aromatic N) is 3. The van der Waals surface area contributed by atoms with Crippen LogP contribution in [0.15, 0.2) is 52.7 Å². The first-order chi connectivity index (χ1) is 15.0. The van der Waals surface area contributed by atoms with Gasteiger partial charge in [0.25, 0.3) is 0 Å². The summed E-state index contributed by atoms with van der Waals surface area (Å²) in [5.74, 6) is 2.47. The van der Waals surface area contributed by atoms with Crippen LogP contribution < -0.4 is 4.90 Å². The minimum absolute atomic E-state index is 0.182. The molecule has 2 aromatic rings. The number of rotatable bonds is 3. The molecule has 0 amide bonds. The largest absolute Gasteiger partial charge is 0.508 e. The van der Waals surface area contributed by atoms with Gasteiger partial charge in [0.15, 0.2) is 0 Å². The van der Waals surface area contributed by atoms with E-state index in [0.29, 0.717) is 17.6 Å². The Bertz CT molecular complexity index is 1020. The van der Waals surface area contributed by atoms with E-state index in [1.54, 1.807) is 0 Å². The Morgan fingerprint density at radius 2 is 1.84 bits per heavy atom. The number of anilines is 1. The Labute approximate surface area is 185 Å². The van der Waals surface area contributed by atoms with Crippen molar-refractivity contribution in [3.63, 3.8) is 0 Å². The maximum Gasteiger partial charge on any atom is 0.115 e. The monoisotopic (exact) mass is 415 g/mol. The quantitative estimate of drug-likeness (QED) is 0.509. The number of hydrogen-bond donors (Lipinski definition) is 1. The van der Waals surface area contributed by atoms with Crippen LogP contribution in [0, 0.1) is 17.3 Å². The third-order valence-electron chi connectivity index (χ3n) is 8.25. The maximum absolute atomic E-state index is 9.88. The minimum Gasteiger partial charge on any atom is -0.508 e. The van der Waals surface area contributed by atoms with E-state index in [0.717, 1.165) is 24.3 Å². The number of fused-ring (bicyclic) bond motifs is 5. The summed E-state index contributed by atoms with van der Waals surface area (Å²) in [6, 6.07) is 14.5. The lowest BCUT2D eigenvalue weighted by atomic mass is 9.55. The Morgan fingerprint density at radius 3 is 2.61 bits per heavy atom. The third-order valence-corrected chi connectivity index (χ3v) is 8.25. The van der Waals surface area contributed by atoms with Gasteiger partial charge in [0.1, 0.15) is 5.75 Å². The van der Waals surface area contributed by atoms with Crippen molar-refractivity contribution >= 4 is 17.6 Å². The topological polar surface area (TPSA) is 48.2 Å². The van der Waals surface area contributed by atoms with E-state index in [-0.39, 0.29) is 5.41 Å². The van der Waals surface area contributed by atoms with E-state index in [2.05, 4.69) is 61.4 Å². The highest BCUT2D eigenvalue weighted by Gasteiger charge is 2.53. The average Bonchev–Trinajstić information content (AvgIpc) is 3.10. The predicted octanol–water partition coefficient (Wildman–Crippen LogP) is 5.79. The smallest absolute Gasteiger partial charge is 0.115 e. The second-order valence-electron chi connectivity index (χ2n) is 10.1. The SMILES string of the molecule is CN(C)c1ccc(C=NN=C2CCC3C4CCc5cc(O)ccc5C4CCC23C)cc1. The summed E-state index contributed by atoms with van der Waals surface area (Å²) in [6.07, 6.45) is 8.91. The fraction of sp³-hybridized carbons (Fsp3) is 0.481. The van der Waals surface area contributed by atoms with Gasteiger partial charge >= 0.3 is 0 Å². The Balaban J connectivity index is 1.34. The normalized spacial score (nSPS) is 30.8. The van der Waals surface area contributed by atoms with Crippen molar-refractivity contribution in [2.45, 2.75) is 51.4 Å². The molecule has 0 saturated heterocycles. The van der Waals surface area contributed by atoms with Gasteiger partial charge in [0, 0.05) is 30.9 Å². The molecule has 4 nitrogen and oxygen atoms in total. The van der Waals surface area contributed by atoms with Crippen LogP contribution >= 0.6 is 0 Å². The second kappa shape index (κ2) is 7.81. The highest BCUT2D eigenvalue weighted by molar-refractivity contribution is 5.93. The van der Waals surface area contributed by atoms with Gasteiger partial charge in [-0.1, -0.05) is 25.1 Å². The van der Waals surface area contributed by atoms with Crippen LogP contribution in [0.5, 0.6) is 5.75 Å². The summed E-state index contributed by atoms with van der Waals surface area (Å²) in [7, 11) is 4.10. The molecule has 4 unspecified atom stereocenters. The Kier molecular flexibility index (Phi) is 5.11. The summed E-state index contributed by atoms with van der Waals surface area (Å²) in [5.41, 5.74) is 6.61. The molecule has 162 valence electrons. The van der Waals surface area contributed by atoms with Crippen molar-refractivity contribution in [1.82, 2.24) is 0 Å². The summed E-state index contributed by atoms with van der Waals surface area (Å²) in [4.78, 5) is 2.10. The van der Waals surface area contributed by atoms with Crippen LogP contribution in [0.1, 0.15) is 61.6 Å². The first kappa shape index (κ1) is 20.3. The zero-order chi connectivity index (χ0) is 21.6. The van der Waals surface area contributed by atoms with Crippen LogP contribution in [0.3, 0.4) is 0 Å². The molecule has 4 heteroatoms. The molecule has 31 heavy (non-hydrogen) atoms. The van der Waals surface area contributed by atoms with Crippen LogP contribution in [0.2, 0.25) is 0 Å². The van der Waals surface area contributed by atoms with E-state index >= 15 is 0 Å². The van der Waals surface area contributed by atoms with Crippen molar-refractivity contribution in [3.8, 4) is 5.75 Å². The van der Waals surface area contributed by atoms with Gasteiger partial charge in [-0.2, -0.15) is 10.2 Å². The van der Waals surface area contributed by atoms with Crippen LogP contribution in [0.4, 0.5) is 5.69 Å². The van der Waals surface area contributed by atoms with E-state index in [9.17, 15) is 5.11 Å². The maximum atomic E-state index is 9.88. The highest BCUT2D eigenvalue weighted by Crippen LogP contribution is 2.60. The van der Waals surface area contributed by atoms with Crippen LogP contribution in [0.25, 0.3) is 0 Å². The minimum atomic E-state index is 0.182. The highest BCUT2D eigenvalue weighted by atomic mass is 16.3. The van der Waals surface area contributed by atoms with E-state index in [4.69, 9.17) is 5.10 Å². The molecule has 0 bridgehead atoms. The molecule has 0 aliphatic heterocycles. The van der Waals surface area contributed by atoms with E-state index < -0.39 is 0 Å². The zero-order valence-electron chi connectivity index (χ0n) is 18.9.